The molecule has 2 aromatic heterocycles. The van der Waals surface area contributed by atoms with E-state index in [0.29, 0.717) is 16.5 Å². The Kier molecular flexibility index (Phi) is 3.80. The molecule has 4 aromatic rings. The van der Waals surface area contributed by atoms with Crippen LogP contribution in [0.1, 0.15) is 0 Å². The highest BCUT2D eigenvalue weighted by Gasteiger charge is 2.14. The highest BCUT2D eigenvalue weighted by atomic mass is 35.5. The van der Waals surface area contributed by atoms with Gasteiger partial charge in [0.1, 0.15) is 22.7 Å². The number of fused-ring (bicyclic) bond motifs is 1. The van der Waals surface area contributed by atoms with Gasteiger partial charge < -0.3 is 10.4 Å². The largest absolute Gasteiger partial charge is 0.506 e. The fourth-order valence-corrected chi connectivity index (χ4v) is 3.56. The summed E-state index contributed by atoms with van der Waals surface area (Å²) in [7, 11) is 0. The number of halogens is 1. The van der Waals surface area contributed by atoms with Gasteiger partial charge in [-0.2, -0.15) is 0 Å². The Morgan fingerprint density at radius 1 is 1.00 bits per heavy atom. The Morgan fingerprint density at radius 2 is 1.79 bits per heavy atom. The number of nitrogens with zero attached hydrogens (tertiary/aromatic N) is 2. The van der Waals surface area contributed by atoms with E-state index in [4.69, 9.17) is 11.6 Å². The van der Waals surface area contributed by atoms with Crippen LogP contribution < -0.4 is 5.32 Å². The van der Waals surface area contributed by atoms with Crippen LogP contribution in [0.4, 0.5) is 11.5 Å². The van der Waals surface area contributed by atoms with Crippen molar-refractivity contribution in [3.63, 3.8) is 0 Å². The molecular weight excluding hydrogens is 342 g/mol. The summed E-state index contributed by atoms with van der Waals surface area (Å²) in [6.07, 6.45) is 1.52. The van der Waals surface area contributed by atoms with Crippen LogP contribution in [-0.4, -0.2) is 15.1 Å². The zero-order valence-electron chi connectivity index (χ0n) is 12.4. The maximum absolute atomic E-state index is 9.99. The Balaban J connectivity index is 1.86. The first-order valence-electron chi connectivity index (χ1n) is 7.25. The van der Waals surface area contributed by atoms with E-state index >= 15 is 0 Å². The summed E-state index contributed by atoms with van der Waals surface area (Å²) < 4.78 is 0. The molecule has 2 N–H and O–H groups in total. The van der Waals surface area contributed by atoms with E-state index in [1.54, 1.807) is 29.5 Å². The minimum absolute atomic E-state index is 0.174. The van der Waals surface area contributed by atoms with Crippen LogP contribution in [0.15, 0.2) is 60.2 Å². The van der Waals surface area contributed by atoms with Crippen LogP contribution in [-0.2, 0) is 0 Å². The summed E-state index contributed by atoms with van der Waals surface area (Å²) in [5.41, 5.74) is 2.68. The molecule has 2 aromatic carbocycles. The zero-order chi connectivity index (χ0) is 16.5. The SMILES string of the molecule is Oc1ccccc1Nc1ncnc2scc(-c3ccc(Cl)cc3)c12. The molecule has 0 saturated carbocycles. The van der Waals surface area contributed by atoms with Gasteiger partial charge in [-0.25, -0.2) is 9.97 Å². The molecule has 4 rings (SSSR count). The second kappa shape index (κ2) is 6.11. The van der Waals surface area contributed by atoms with Crippen molar-refractivity contribution >= 4 is 44.7 Å². The summed E-state index contributed by atoms with van der Waals surface area (Å²) in [5.74, 6) is 0.834. The molecule has 0 radical (unpaired) electrons. The summed E-state index contributed by atoms with van der Waals surface area (Å²) in [6, 6.07) is 14.7. The second-order valence-corrected chi connectivity index (χ2v) is 6.50. The van der Waals surface area contributed by atoms with E-state index in [2.05, 4.69) is 20.7 Å². The summed E-state index contributed by atoms with van der Waals surface area (Å²) in [5, 5.41) is 16.9. The van der Waals surface area contributed by atoms with Crippen molar-refractivity contribution < 1.29 is 5.11 Å². The van der Waals surface area contributed by atoms with E-state index in [0.717, 1.165) is 21.3 Å². The number of para-hydroxylation sites is 2. The van der Waals surface area contributed by atoms with Crippen LogP contribution >= 0.6 is 22.9 Å². The topological polar surface area (TPSA) is 58.0 Å². The van der Waals surface area contributed by atoms with Crippen molar-refractivity contribution in [1.82, 2.24) is 9.97 Å². The molecule has 0 aliphatic rings. The van der Waals surface area contributed by atoms with Crippen molar-refractivity contribution in [2.24, 2.45) is 0 Å². The molecule has 0 fully saturated rings. The smallest absolute Gasteiger partial charge is 0.143 e. The maximum Gasteiger partial charge on any atom is 0.143 e. The van der Waals surface area contributed by atoms with Crippen molar-refractivity contribution in [3.8, 4) is 16.9 Å². The number of hydrogen-bond acceptors (Lipinski definition) is 5. The molecule has 0 atom stereocenters. The van der Waals surface area contributed by atoms with E-state index in [1.165, 1.54) is 6.33 Å². The van der Waals surface area contributed by atoms with Crippen LogP contribution in [0.3, 0.4) is 0 Å². The Morgan fingerprint density at radius 3 is 2.58 bits per heavy atom. The first-order chi connectivity index (χ1) is 11.7. The lowest BCUT2D eigenvalue weighted by Gasteiger charge is -2.09. The molecule has 0 saturated heterocycles. The molecule has 118 valence electrons. The lowest BCUT2D eigenvalue weighted by molar-refractivity contribution is 0.478. The molecule has 0 aliphatic heterocycles. The van der Waals surface area contributed by atoms with Gasteiger partial charge in [-0.15, -0.1) is 11.3 Å². The van der Waals surface area contributed by atoms with Crippen molar-refractivity contribution in [2.75, 3.05) is 5.32 Å². The summed E-state index contributed by atoms with van der Waals surface area (Å²) >= 11 is 7.54. The van der Waals surface area contributed by atoms with Gasteiger partial charge in [0.25, 0.3) is 0 Å². The number of anilines is 2. The lowest BCUT2D eigenvalue weighted by atomic mass is 10.1. The number of benzene rings is 2. The highest BCUT2D eigenvalue weighted by molar-refractivity contribution is 7.17. The fourth-order valence-electron chi connectivity index (χ4n) is 2.52. The Labute approximate surface area is 147 Å². The lowest BCUT2D eigenvalue weighted by Crippen LogP contribution is -1.95. The van der Waals surface area contributed by atoms with E-state index in [-0.39, 0.29) is 5.75 Å². The molecule has 0 unspecified atom stereocenters. The predicted molar refractivity (Wildman–Crippen MR) is 99.3 cm³/mol. The number of aromatic hydroxyl groups is 1. The quantitative estimate of drug-likeness (QED) is 0.480. The van der Waals surface area contributed by atoms with Crippen molar-refractivity contribution in [2.45, 2.75) is 0 Å². The molecule has 0 bridgehead atoms. The molecule has 6 heteroatoms. The molecule has 0 amide bonds. The normalized spacial score (nSPS) is 10.9. The maximum atomic E-state index is 9.99. The van der Waals surface area contributed by atoms with Crippen LogP contribution in [0, 0.1) is 0 Å². The third kappa shape index (κ3) is 2.68. The van der Waals surface area contributed by atoms with E-state index < -0.39 is 0 Å². The number of phenolic OH excluding ortho intramolecular Hbond substituents is 1. The van der Waals surface area contributed by atoms with Gasteiger partial charge >= 0.3 is 0 Å². The van der Waals surface area contributed by atoms with Crippen molar-refractivity contribution in [1.29, 1.82) is 0 Å². The monoisotopic (exact) mass is 353 g/mol. The third-order valence-electron chi connectivity index (χ3n) is 3.68. The zero-order valence-corrected chi connectivity index (χ0v) is 14.0. The van der Waals surface area contributed by atoms with E-state index in [9.17, 15) is 5.11 Å². The first-order valence-corrected chi connectivity index (χ1v) is 8.51. The Bertz CT molecular complexity index is 1010. The molecular formula is C18H12ClN3OS. The van der Waals surface area contributed by atoms with Gasteiger partial charge in [-0.1, -0.05) is 35.9 Å². The second-order valence-electron chi connectivity index (χ2n) is 5.20. The van der Waals surface area contributed by atoms with Crippen LogP contribution in [0.5, 0.6) is 5.75 Å². The van der Waals surface area contributed by atoms with E-state index in [1.807, 2.05) is 30.3 Å². The average molecular weight is 354 g/mol. The first kappa shape index (κ1) is 14.9. The average Bonchev–Trinajstić information content (AvgIpc) is 3.03. The fraction of sp³-hybridized carbons (Fsp3) is 0. The predicted octanol–water partition coefficient (Wildman–Crippen LogP) is 5.46. The molecule has 0 spiro atoms. The minimum Gasteiger partial charge on any atom is -0.506 e. The molecule has 24 heavy (non-hydrogen) atoms. The standard InChI is InChI=1S/C18H12ClN3OS/c19-12-7-5-11(6-8-12)13-9-24-18-16(13)17(20-10-21-18)22-14-3-1-2-4-15(14)23/h1-10,23H,(H,20,21,22). The summed E-state index contributed by atoms with van der Waals surface area (Å²) in [4.78, 5) is 9.60. The molecule has 0 aliphatic carbocycles. The van der Waals surface area contributed by atoms with Gasteiger partial charge in [-0.3, -0.25) is 0 Å². The van der Waals surface area contributed by atoms with Crippen molar-refractivity contribution in [3.05, 3.63) is 65.3 Å². The Hall–Kier alpha value is -2.63. The van der Waals surface area contributed by atoms with Gasteiger partial charge in [0.05, 0.1) is 11.1 Å². The number of phenols is 1. The van der Waals surface area contributed by atoms with Gasteiger partial charge in [0, 0.05) is 16.0 Å². The highest BCUT2D eigenvalue weighted by Crippen LogP contribution is 2.38. The van der Waals surface area contributed by atoms with Gasteiger partial charge in [0.15, 0.2) is 0 Å². The minimum atomic E-state index is 0.174. The summed E-state index contributed by atoms with van der Waals surface area (Å²) in [6.45, 7) is 0. The number of thiophene rings is 1. The number of nitrogens with one attached hydrogen (secondary N) is 1. The molecule has 2 heterocycles. The molecule has 4 nitrogen and oxygen atoms in total. The number of rotatable bonds is 3. The van der Waals surface area contributed by atoms with Crippen LogP contribution in [0.2, 0.25) is 5.02 Å². The number of hydrogen-bond donors (Lipinski definition) is 2. The number of aromatic nitrogens is 2. The van der Waals surface area contributed by atoms with Gasteiger partial charge in [0.2, 0.25) is 0 Å². The van der Waals surface area contributed by atoms with Crippen LogP contribution in [0.25, 0.3) is 21.3 Å². The van der Waals surface area contributed by atoms with Gasteiger partial charge in [-0.05, 0) is 29.8 Å². The third-order valence-corrected chi connectivity index (χ3v) is 4.82.